The van der Waals surface area contributed by atoms with Crippen molar-refractivity contribution in [3.8, 4) is 0 Å². The molecular weight excluding hydrogens is 823 g/mol. The monoisotopic (exact) mass is 926 g/mol. The molecule has 1 fully saturated rings. The lowest BCUT2D eigenvalue weighted by atomic mass is 9.99. The Kier molecular flexibility index (Phi) is 42.4. The predicted molar refractivity (Wildman–Crippen MR) is 265 cm³/mol. The molecule has 384 valence electrons. The third-order valence-corrected chi connectivity index (χ3v) is 13.2. The summed E-state index contributed by atoms with van der Waals surface area (Å²) < 4.78 is 16.7. The summed E-state index contributed by atoms with van der Waals surface area (Å²) in [6.45, 7) is 4.30. The second-order valence-electron chi connectivity index (χ2n) is 19.3. The molecule has 0 aromatic rings. The average molecular weight is 926 g/mol. The summed E-state index contributed by atoms with van der Waals surface area (Å²) in [5.41, 5.74) is 0. The van der Waals surface area contributed by atoms with Crippen LogP contribution in [0.1, 0.15) is 258 Å². The number of aliphatic hydroxyl groups excluding tert-OH is 5. The smallest absolute Gasteiger partial charge is 0.305 e. The number of hydrogen-bond donors (Lipinski definition) is 6. The van der Waals surface area contributed by atoms with Crippen molar-refractivity contribution in [3.05, 3.63) is 12.2 Å². The highest BCUT2D eigenvalue weighted by Crippen LogP contribution is 2.23. The lowest BCUT2D eigenvalue weighted by Gasteiger charge is -2.40. The molecule has 7 unspecified atom stereocenters. The molecule has 0 spiro atoms. The maximum atomic E-state index is 13.0. The average Bonchev–Trinajstić information content (AvgIpc) is 3.30. The second-order valence-corrected chi connectivity index (χ2v) is 19.3. The van der Waals surface area contributed by atoms with Crippen LogP contribution in [0.4, 0.5) is 0 Å². The Morgan fingerprint density at radius 1 is 0.554 bits per heavy atom. The molecule has 1 heterocycles. The van der Waals surface area contributed by atoms with Crippen LogP contribution in [0, 0.1) is 0 Å². The van der Waals surface area contributed by atoms with Crippen molar-refractivity contribution in [1.82, 2.24) is 5.32 Å². The number of nitrogens with one attached hydrogen (secondary N) is 1. The van der Waals surface area contributed by atoms with E-state index in [1.807, 2.05) is 6.08 Å². The van der Waals surface area contributed by atoms with Gasteiger partial charge < -0.3 is 45.1 Å². The van der Waals surface area contributed by atoms with E-state index in [0.29, 0.717) is 19.4 Å². The number of aliphatic hydroxyl groups is 5. The molecular formula is C54H103NO10. The molecule has 7 atom stereocenters. The third kappa shape index (κ3) is 35.2. The number of ether oxygens (including phenoxy) is 3. The molecule has 65 heavy (non-hydrogen) atoms. The van der Waals surface area contributed by atoms with Crippen molar-refractivity contribution in [2.24, 2.45) is 0 Å². The molecule has 1 amide bonds. The molecule has 0 saturated carbocycles. The molecule has 1 aliphatic rings. The summed E-state index contributed by atoms with van der Waals surface area (Å²) in [6.07, 6.45) is 39.9. The Balaban J connectivity index is 2.17. The van der Waals surface area contributed by atoms with Gasteiger partial charge in [0.1, 0.15) is 24.4 Å². The van der Waals surface area contributed by atoms with E-state index in [1.54, 1.807) is 6.08 Å². The molecule has 0 aliphatic carbocycles. The molecule has 11 nitrogen and oxygen atoms in total. The lowest BCUT2D eigenvalue weighted by Crippen LogP contribution is -2.60. The highest BCUT2D eigenvalue weighted by atomic mass is 16.7. The maximum Gasteiger partial charge on any atom is 0.305 e. The van der Waals surface area contributed by atoms with E-state index in [4.69, 9.17) is 14.2 Å². The number of amides is 1. The van der Waals surface area contributed by atoms with E-state index in [-0.39, 0.29) is 18.5 Å². The first-order valence-electron chi connectivity index (χ1n) is 27.5. The Hall–Kier alpha value is -1.60. The van der Waals surface area contributed by atoms with Crippen LogP contribution in [0.2, 0.25) is 0 Å². The fraction of sp³-hybridized carbons (Fsp3) is 0.926. The van der Waals surface area contributed by atoms with E-state index in [1.165, 1.54) is 161 Å². The van der Waals surface area contributed by atoms with Crippen molar-refractivity contribution in [1.29, 1.82) is 0 Å². The number of hydrogen-bond acceptors (Lipinski definition) is 10. The minimum atomic E-state index is -1.57. The number of carbonyl (C=O) groups is 2. The maximum absolute atomic E-state index is 13.0. The molecule has 0 aromatic heterocycles. The summed E-state index contributed by atoms with van der Waals surface area (Å²) in [5.74, 6) is -0.221. The van der Waals surface area contributed by atoms with Crippen molar-refractivity contribution < 1.29 is 49.3 Å². The van der Waals surface area contributed by atoms with Crippen LogP contribution >= 0.6 is 0 Å². The zero-order chi connectivity index (χ0) is 47.4. The van der Waals surface area contributed by atoms with E-state index in [9.17, 15) is 35.1 Å². The molecule has 1 saturated heterocycles. The first-order chi connectivity index (χ1) is 31.7. The standard InChI is InChI=1S/C54H103NO10/c1-3-5-7-9-11-13-15-17-21-24-28-32-36-40-47(57)46(45-64-54-53(62)52(61)51(60)48(44-56)65-54)55-49(58)41-37-33-29-25-22-18-16-19-23-27-31-35-39-43-63-50(59)42-38-34-30-26-20-14-12-10-8-6-4-2/h36,40,46-48,51-54,56-57,60-62H,3-35,37-39,41-45H2,1-2H3,(H,55,58)/b40-36+. The Bertz CT molecular complexity index is 1090. The van der Waals surface area contributed by atoms with Crippen LogP contribution in [-0.2, 0) is 23.8 Å². The molecule has 11 heteroatoms. The molecule has 0 bridgehead atoms. The largest absolute Gasteiger partial charge is 0.466 e. The number of allylic oxidation sites excluding steroid dienone is 1. The van der Waals surface area contributed by atoms with Gasteiger partial charge in [-0.05, 0) is 32.1 Å². The van der Waals surface area contributed by atoms with E-state index >= 15 is 0 Å². The highest BCUT2D eigenvalue weighted by Gasteiger charge is 2.44. The zero-order valence-electron chi connectivity index (χ0n) is 42.0. The van der Waals surface area contributed by atoms with Gasteiger partial charge in [-0.15, -0.1) is 0 Å². The van der Waals surface area contributed by atoms with Crippen molar-refractivity contribution in [3.63, 3.8) is 0 Å². The van der Waals surface area contributed by atoms with Gasteiger partial charge in [0, 0.05) is 12.8 Å². The van der Waals surface area contributed by atoms with Crippen LogP contribution < -0.4 is 5.32 Å². The summed E-state index contributed by atoms with van der Waals surface area (Å²) in [6, 6.07) is -0.818. The van der Waals surface area contributed by atoms with Crippen molar-refractivity contribution in [2.75, 3.05) is 19.8 Å². The third-order valence-electron chi connectivity index (χ3n) is 13.2. The Morgan fingerprint density at radius 2 is 0.969 bits per heavy atom. The SMILES string of the molecule is CCCCCCCCCCCCC/C=C/C(O)C(COC1OC(CO)C(O)C(O)C1O)NC(=O)CCCCCCCCCCCCCCCOC(=O)CCCCCCCCCCCCC. The van der Waals surface area contributed by atoms with Crippen LogP contribution in [-0.4, -0.2) is 100 Å². The van der Waals surface area contributed by atoms with Crippen LogP contribution in [0.3, 0.4) is 0 Å². The minimum absolute atomic E-state index is 0.0277. The van der Waals surface area contributed by atoms with Gasteiger partial charge in [0.2, 0.25) is 5.91 Å². The van der Waals surface area contributed by atoms with Gasteiger partial charge in [-0.25, -0.2) is 0 Å². The fourth-order valence-electron chi connectivity index (χ4n) is 8.73. The lowest BCUT2D eigenvalue weighted by molar-refractivity contribution is -0.302. The summed E-state index contributed by atoms with van der Waals surface area (Å²) >= 11 is 0. The van der Waals surface area contributed by atoms with Gasteiger partial charge in [0.15, 0.2) is 6.29 Å². The van der Waals surface area contributed by atoms with Crippen molar-refractivity contribution in [2.45, 2.75) is 301 Å². The zero-order valence-corrected chi connectivity index (χ0v) is 42.0. The van der Waals surface area contributed by atoms with Gasteiger partial charge in [-0.2, -0.15) is 0 Å². The summed E-state index contributed by atoms with van der Waals surface area (Å²) in [5, 5.41) is 54.3. The Morgan fingerprint density at radius 3 is 1.43 bits per heavy atom. The topological polar surface area (TPSA) is 175 Å². The molecule has 1 rings (SSSR count). The number of rotatable bonds is 47. The summed E-state index contributed by atoms with van der Waals surface area (Å²) in [7, 11) is 0. The van der Waals surface area contributed by atoms with Gasteiger partial charge in [0.05, 0.1) is 32.0 Å². The molecule has 1 aliphatic heterocycles. The van der Waals surface area contributed by atoms with E-state index in [2.05, 4.69) is 19.2 Å². The van der Waals surface area contributed by atoms with Crippen molar-refractivity contribution >= 4 is 11.9 Å². The predicted octanol–water partition coefficient (Wildman–Crippen LogP) is 11.6. The first-order valence-corrected chi connectivity index (χ1v) is 27.5. The first kappa shape index (κ1) is 61.4. The number of carbonyl (C=O) groups excluding carboxylic acids is 2. The van der Waals surface area contributed by atoms with E-state index in [0.717, 1.165) is 70.6 Å². The van der Waals surface area contributed by atoms with E-state index < -0.39 is 49.5 Å². The number of esters is 1. The summed E-state index contributed by atoms with van der Waals surface area (Å²) in [4.78, 5) is 25.0. The van der Waals surface area contributed by atoms with Gasteiger partial charge >= 0.3 is 5.97 Å². The molecule has 0 aromatic carbocycles. The fourth-order valence-corrected chi connectivity index (χ4v) is 8.73. The highest BCUT2D eigenvalue weighted by molar-refractivity contribution is 5.76. The van der Waals surface area contributed by atoms with Gasteiger partial charge in [-0.3, -0.25) is 9.59 Å². The van der Waals surface area contributed by atoms with Crippen LogP contribution in [0.5, 0.6) is 0 Å². The molecule has 0 radical (unpaired) electrons. The number of unbranched alkanes of at least 4 members (excludes halogenated alkanes) is 33. The van der Waals surface area contributed by atoms with Gasteiger partial charge in [0.25, 0.3) is 0 Å². The second kappa shape index (κ2) is 44.9. The Labute approximate surface area is 398 Å². The van der Waals surface area contributed by atoms with Gasteiger partial charge in [-0.1, -0.05) is 225 Å². The van der Waals surface area contributed by atoms with Crippen LogP contribution in [0.25, 0.3) is 0 Å². The quantitative estimate of drug-likeness (QED) is 0.0196. The minimum Gasteiger partial charge on any atom is -0.466 e. The molecule has 6 N–H and O–H groups in total. The van der Waals surface area contributed by atoms with Crippen LogP contribution in [0.15, 0.2) is 12.2 Å². The normalized spacial score (nSPS) is 19.8.